The van der Waals surface area contributed by atoms with Crippen LogP contribution in [0, 0.1) is 5.82 Å². The predicted octanol–water partition coefficient (Wildman–Crippen LogP) is 5.70. The van der Waals surface area contributed by atoms with Crippen molar-refractivity contribution in [3.8, 4) is 0 Å². The molecule has 0 spiro atoms. The average molecular weight is 404 g/mol. The number of anilines is 1. The number of fused-ring (bicyclic) bond motifs is 2. The molecule has 0 fully saturated rings. The molecule has 2 atom stereocenters. The fraction of sp³-hybridized carbons (Fsp3) is 0.208. The molecule has 5 heteroatoms. The van der Waals surface area contributed by atoms with Gasteiger partial charge in [0.15, 0.2) is 5.13 Å². The summed E-state index contributed by atoms with van der Waals surface area (Å²) in [5.41, 5.74) is 4.04. The van der Waals surface area contributed by atoms with Crippen LogP contribution in [0.3, 0.4) is 0 Å². The molecular formula is C24H22FN3S. The van der Waals surface area contributed by atoms with E-state index in [0.29, 0.717) is 11.6 Å². The maximum Gasteiger partial charge on any atom is 0.186 e. The quantitative estimate of drug-likeness (QED) is 0.557. The van der Waals surface area contributed by atoms with Crippen molar-refractivity contribution in [3.05, 3.63) is 95.5 Å². The average Bonchev–Trinajstić information content (AvgIpc) is 3.32. The van der Waals surface area contributed by atoms with Crippen LogP contribution in [0.25, 0.3) is 10.2 Å². The van der Waals surface area contributed by atoms with Gasteiger partial charge in [-0.25, -0.2) is 9.37 Å². The minimum Gasteiger partial charge on any atom is -0.373 e. The van der Waals surface area contributed by atoms with Crippen LogP contribution < -0.4 is 4.90 Å². The fourth-order valence-corrected chi connectivity index (χ4v) is 5.26. The molecule has 2 unspecified atom stereocenters. The number of allylic oxidation sites excluding steroid dienone is 2. The highest BCUT2D eigenvalue weighted by atomic mass is 32.1. The van der Waals surface area contributed by atoms with Gasteiger partial charge in [0.2, 0.25) is 0 Å². The summed E-state index contributed by atoms with van der Waals surface area (Å²) in [5.74, 6) is -0.190. The zero-order chi connectivity index (χ0) is 20.0. The highest BCUT2D eigenvalue weighted by molar-refractivity contribution is 7.22. The number of likely N-dealkylation sites (N-methyl/N-ethyl adjacent to an activating group) is 2. The van der Waals surface area contributed by atoms with Gasteiger partial charge < -0.3 is 9.80 Å². The van der Waals surface area contributed by atoms with E-state index in [-0.39, 0.29) is 11.9 Å². The second-order valence-electron chi connectivity index (χ2n) is 7.55. The van der Waals surface area contributed by atoms with Crippen LogP contribution in [0.1, 0.15) is 18.0 Å². The van der Waals surface area contributed by atoms with Crippen molar-refractivity contribution in [1.29, 1.82) is 0 Å². The number of para-hydroxylation sites is 1. The number of hydrogen-bond donors (Lipinski definition) is 0. The van der Waals surface area contributed by atoms with Crippen LogP contribution in [0.4, 0.5) is 9.52 Å². The maximum atomic E-state index is 15.0. The summed E-state index contributed by atoms with van der Waals surface area (Å²) in [6, 6.07) is 15.3. The largest absolute Gasteiger partial charge is 0.373 e. The SMILES string of the molecule is CN1C=C(C(c2ccccc2F)N(C)c2nc3ccccc3s2)C2=CC=CCC21. The van der Waals surface area contributed by atoms with Crippen molar-refractivity contribution in [3.63, 3.8) is 0 Å². The third-order valence-corrected chi connectivity index (χ3v) is 6.89. The number of nitrogens with zero attached hydrogens (tertiary/aromatic N) is 3. The van der Waals surface area contributed by atoms with Gasteiger partial charge in [0.05, 0.1) is 22.3 Å². The third kappa shape index (κ3) is 3.06. The van der Waals surface area contributed by atoms with Crippen LogP contribution in [-0.2, 0) is 0 Å². The van der Waals surface area contributed by atoms with Gasteiger partial charge in [-0.3, -0.25) is 0 Å². The molecule has 0 amide bonds. The van der Waals surface area contributed by atoms with Crippen LogP contribution >= 0.6 is 11.3 Å². The Hall–Kier alpha value is -2.92. The van der Waals surface area contributed by atoms with E-state index in [1.54, 1.807) is 23.5 Å². The van der Waals surface area contributed by atoms with Crippen molar-refractivity contribution in [1.82, 2.24) is 9.88 Å². The standard InChI is InChI=1S/C24H22FN3S/c1-27-15-18(16-9-4-7-13-21(16)27)23(17-10-3-5-11-19(17)25)28(2)24-26-20-12-6-8-14-22(20)29-24/h3-12,14-15,21,23H,13H2,1-2H3. The maximum absolute atomic E-state index is 15.0. The van der Waals surface area contributed by atoms with E-state index in [4.69, 9.17) is 4.98 Å². The molecule has 1 aliphatic heterocycles. The summed E-state index contributed by atoms with van der Waals surface area (Å²) < 4.78 is 16.1. The third-order valence-electron chi connectivity index (χ3n) is 5.76. The van der Waals surface area contributed by atoms with E-state index < -0.39 is 0 Å². The van der Waals surface area contributed by atoms with E-state index in [1.165, 1.54) is 5.57 Å². The highest BCUT2D eigenvalue weighted by Crippen LogP contribution is 2.44. The Labute approximate surface area is 174 Å². The topological polar surface area (TPSA) is 19.4 Å². The summed E-state index contributed by atoms with van der Waals surface area (Å²) >= 11 is 1.64. The lowest BCUT2D eigenvalue weighted by atomic mass is 9.88. The smallest absolute Gasteiger partial charge is 0.186 e. The Bertz CT molecular complexity index is 1130. The van der Waals surface area contributed by atoms with Crippen LogP contribution in [0.15, 0.2) is 84.1 Å². The van der Waals surface area contributed by atoms with E-state index in [0.717, 1.165) is 27.3 Å². The van der Waals surface area contributed by atoms with Crippen molar-refractivity contribution in [2.75, 3.05) is 19.0 Å². The first-order valence-corrected chi connectivity index (χ1v) is 10.6. The van der Waals surface area contributed by atoms with Crippen molar-refractivity contribution in [2.24, 2.45) is 0 Å². The molecule has 146 valence electrons. The van der Waals surface area contributed by atoms with Gasteiger partial charge in [-0.2, -0.15) is 0 Å². The zero-order valence-corrected chi connectivity index (χ0v) is 17.2. The van der Waals surface area contributed by atoms with Gasteiger partial charge in [-0.05, 0) is 30.2 Å². The summed E-state index contributed by atoms with van der Waals surface area (Å²) in [5, 5.41) is 0.887. The molecule has 1 aliphatic carbocycles. The first-order chi connectivity index (χ1) is 14.1. The summed E-state index contributed by atoms with van der Waals surface area (Å²) in [6.07, 6.45) is 9.61. The van der Waals surface area contributed by atoms with Gasteiger partial charge in [0.1, 0.15) is 5.82 Å². The molecule has 0 radical (unpaired) electrons. The molecule has 0 saturated carbocycles. The molecule has 2 heterocycles. The molecule has 1 aromatic heterocycles. The Kier molecular flexibility index (Phi) is 4.47. The number of hydrogen-bond acceptors (Lipinski definition) is 4. The lowest BCUT2D eigenvalue weighted by Crippen LogP contribution is -2.28. The highest BCUT2D eigenvalue weighted by Gasteiger charge is 2.36. The Morgan fingerprint density at radius 1 is 1.17 bits per heavy atom. The van der Waals surface area contributed by atoms with Gasteiger partial charge in [0.25, 0.3) is 0 Å². The van der Waals surface area contributed by atoms with Crippen molar-refractivity contribution in [2.45, 2.75) is 18.5 Å². The monoisotopic (exact) mass is 403 g/mol. The summed E-state index contributed by atoms with van der Waals surface area (Å²) in [7, 11) is 4.11. The summed E-state index contributed by atoms with van der Waals surface area (Å²) in [4.78, 5) is 9.19. The minimum absolute atomic E-state index is 0.190. The lowest BCUT2D eigenvalue weighted by molar-refractivity contribution is 0.394. The molecule has 3 nitrogen and oxygen atoms in total. The van der Waals surface area contributed by atoms with Crippen LogP contribution in [-0.4, -0.2) is 30.0 Å². The van der Waals surface area contributed by atoms with Crippen molar-refractivity contribution < 1.29 is 4.39 Å². The molecule has 29 heavy (non-hydrogen) atoms. The van der Waals surface area contributed by atoms with Gasteiger partial charge in [-0.15, -0.1) is 0 Å². The van der Waals surface area contributed by atoms with E-state index in [9.17, 15) is 4.39 Å². The second-order valence-corrected chi connectivity index (χ2v) is 8.56. The molecular weight excluding hydrogens is 381 g/mol. The normalized spacial score (nSPS) is 19.1. The van der Waals surface area contributed by atoms with Gasteiger partial charge in [0, 0.05) is 31.4 Å². The van der Waals surface area contributed by atoms with Gasteiger partial charge in [-0.1, -0.05) is 59.9 Å². The van der Waals surface area contributed by atoms with E-state index in [1.807, 2.05) is 37.4 Å². The first kappa shape index (κ1) is 18.1. The summed E-state index contributed by atoms with van der Waals surface area (Å²) in [6.45, 7) is 0. The van der Waals surface area contributed by atoms with Crippen molar-refractivity contribution >= 4 is 26.7 Å². The molecule has 0 N–H and O–H groups in total. The number of halogens is 1. The molecule has 0 saturated heterocycles. The number of rotatable bonds is 4. The molecule has 3 aromatic rings. The number of benzene rings is 2. The zero-order valence-electron chi connectivity index (χ0n) is 16.4. The van der Waals surface area contributed by atoms with Crippen LogP contribution in [0.2, 0.25) is 0 Å². The van der Waals surface area contributed by atoms with E-state index in [2.05, 4.69) is 47.3 Å². The van der Waals surface area contributed by atoms with Gasteiger partial charge >= 0.3 is 0 Å². The molecule has 2 aromatic carbocycles. The predicted molar refractivity (Wildman–Crippen MR) is 119 cm³/mol. The Morgan fingerprint density at radius 3 is 2.79 bits per heavy atom. The Balaban J connectivity index is 1.65. The molecule has 2 aliphatic rings. The molecule has 5 rings (SSSR count). The first-order valence-electron chi connectivity index (χ1n) is 9.77. The number of aromatic nitrogens is 1. The minimum atomic E-state index is -0.248. The fourth-order valence-electron chi connectivity index (χ4n) is 4.31. The van der Waals surface area contributed by atoms with Crippen LogP contribution in [0.5, 0.6) is 0 Å². The lowest BCUT2D eigenvalue weighted by Gasteiger charge is -2.31. The Morgan fingerprint density at radius 2 is 1.97 bits per heavy atom. The number of thiazole rings is 1. The molecule has 0 bridgehead atoms. The second kappa shape index (κ2) is 7.16. The van der Waals surface area contributed by atoms with E-state index >= 15 is 0 Å².